The maximum absolute atomic E-state index is 12.5. The van der Waals surface area contributed by atoms with E-state index in [-0.39, 0.29) is 30.3 Å². The lowest BCUT2D eigenvalue weighted by molar-refractivity contribution is -0.123. The van der Waals surface area contributed by atoms with Gasteiger partial charge in [-0.25, -0.2) is 4.79 Å². The van der Waals surface area contributed by atoms with Crippen LogP contribution in [0.2, 0.25) is 0 Å². The van der Waals surface area contributed by atoms with E-state index in [0.29, 0.717) is 42.0 Å². The highest BCUT2D eigenvalue weighted by molar-refractivity contribution is 5.93. The Labute approximate surface area is 169 Å². The van der Waals surface area contributed by atoms with E-state index in [2.05, 4.69) is 5.32 Å². The fourth-order valence-electron chi connectivity index (χ4n) is 4.17. The van der Waals surface area contributed by atoms with Gasteiger partial charge in [-0.3, -0.25) is 4.79 Å². The van der Waals surface area contributed by atoms with E-state index in [1.165, 1.54) is 0 Å². The molecule has 0 unspecified atom stereocenters. The van der Waals surface area contributed by atoms with Crippen LogP contribution in [0.5, 0.6) is 11.5 Å². The molecule has 0 fully saturated rings. The second-order valence-corrected chi connectivity index (χ2v) is 8.33. The van der Waals surface area contributed by atoms with E-state index in [9.17, 15) is 9.59 Å². The van der Waals surface area contributed by atoms with E-state index >= 15 is 0 Å². The quantitative estimate of drug-likeness (QED) is 0.569. The molecule has 0 radical (unpaired) electrons. The van der Waals surface area contributed by atoms with Crippen LogP contribution in [0.1, 0.15) is 49.8 Å². The molecule has 2 heterocycles. The summed E-state index contributed by atoms with van der Waals surface area (Å²) in [6.45, 7) is 4.30. The highest BCUT2D eigenvalue weighted by Crippen LogP contribution is 2.44. The van der Waals surface area contributed by atoms with Gasteiger partial charge in [0, 0.05) is 30.3 Å². The maximum Gasteiger partial charge on any atom is 0.339 e. The van der Waals surface area contributed by atoms with Crippen LogP contribution in [0, 0.1) is 0 Å². The Morgan fingerprint density at radius 3 is 2.83 bits per heavy atom. The molecule has 2 aliphatic rings. The third-order valence-electron chi connectivity index (χ3n) is 5.65. The summed E-state index contributed by atoms with van der Waals surface area (Å²) >= 11 is 0. The van der Waals surface area contributed by atoms with Crippen molar-refractivity contribution in [2.45, 2.75) is 58.0 Å². The van der Waals surface area contributed by atoms with Gasteiger partial charge in [0.25, 0.3) is 5.91 Å². The van der Waals surface area contributed by atoms with Crippen molar-refractivity contribution >= 4 is 16.9 Å². The molecule has 1 aliphatic heterocycles. The Kier molecular flexibility index (Phi) is 5.25. The molecule has 1 amide bonds. The molecule has 156 valence electrons. The van der Waals surface area contributed by atoms with Crippen molar-refractivity contribution in [2.75, 3.05) is 19.8 Å². The third kappa shape index (κ3) is 3.83. The Balaban J connectivity index is 1.75. The van der Waals surface area contributed by atoms with Crippen LogP contribution >= 0.6 is 0 Å². The monoisotopic (exact) mass is 401 g/mol. The predicted octanol–water partition coefficient (Wildman–Crippen LogP) is 2.26. The summed E-state index contributed by atoms with van der Waals surface area (Å²) in [4.78, 5) is 24.6. The molecule has 4 rings (SSSR count). The summed E-state index contributed by atoms with van der Waals surface area (Å²) < 4.78 is 17.8. The van der Waals surface area contributed by atoms with Crippen LogP contribution in [0.4, 0.5) is 0 Å². The van der Waals surface area contributed by atoms with Crippen LogP contribution in [0.15, 0.2) is 15.3 Å². The van der Waals surface area contributed by atoms with Gasteiger partial charge in [0.05, 0.1) is 5.39 Å². The molecule has 7 heteroatoms. The molecule has 0 saturated carbocycles. The number of benzene rings is 1. The Bertz CT molecular complexity index is 1010. The number of amides is 1. The molecular formula is C22H27NO6. The molecule has 0 spiro atoms. The average Bonchev–Trinajstić information content (AvgIpc) is 3.15. The first-order valence-corrected chi connectivity index (χ1v) is 10.2. The van der Waals surface area contributed by atoms with Gasteiger partial charge in [-0.1, -0.05) is 0 Å². The molecule has 2 N–H and O–H groups in total. The number of aliphatic hydroxyl groups is 1. The highest BCUT2D eigenvalue weighted by atomic mass is 16.5. The Morgan fingerprint density at radius 1 is 1.24 bits per heavy atom. The van der Waals surface area contributed by atoms with Crippen LogP contribution in [0.25, 0.3) is 11.0 Å². The smallest absolute Gasteiger partial charge is 0.339 e. The summed E-state index contributed by atoms with van der Waals surface area (Å²) in [5, 5.41) is 12.3. The molecule has 2 aromatic rings. The molecule has 1 aromatic heterocycles. The number of carbonyl (C=O) groups is 1. The van der Waals surface area contributed by atoms with Crippen LogP contribution in [-0.4, -0.2) is 36.4 Å². The number of rotatable bonds is 6. The SMILES string of the molecule is CC1(C)CCc2c(cc(OCC(=O)NCCCO)c3c4c(c(=O)oc23)CCC4)O1. The first kappa shape index (κ1) is 19.8. The Hall–Kier alpha value is -2.54. The first-order valence-electron chi connectivity index (χ1n) is 10.2. The van der Waals surface area contributed by atoms with Crippen molar-refractivity contribution in [2.24, 2.45) is 0 Å². The number of hydrogen-bond donors (Lipinski definition) is 2. The maximum atomic E-state index is 12.5. The zero-order valence-corrected chi connectivity index (χ0v) is 16.9. The zero-order chi connectivity index (χ0) is 20.6. The lowest BCUT2D eigenvalue weighted by Crippen LogP contribution is -2.33. The van der Waals surface area contributed by atoms with Gasteiger partial charge in [-0.15, -0.1) is 0 Å². The summed E-state index contributed by atoms with van der Waals surface area (Å²) in [6, 6.07) is 1.83. The zero-order valence-electron chi connectivity index (χ0n) is 16.9. The fourth-order valence-corrected chi connectivity index (χ4v) is 4.17. The van der Waals surface area contributed by atoms with Gasteiger partial charge in [0.15, 0.2) is 6.61 Å². The van der Waals surface area contributed by atoms with Crippen molar-refractivity contribution in [1.29, 1.82) is 0 Å². The molecule has 1 aliphatic carbocycles. The molecule has 0 bridgehead atoms. The predicted molar refractivity (Wildman–Crippen MR) is 108 cm³/mol. The van der Waals surface area contributed by atoms with E-state index in [1.54, 1.807) is 0 Å². The molecule has 29 heavy (non-hydrogen) atoms. The van der Waals surface area contributed by atoms with Crippen molar-refractivity contribution < 1.29 is 23.8 Å². The number of carbonyl (C=O) groups excluding carboxylic acids is 1. The van der Waals surface area contributed by atoms with Gasteiger partial charge in [0.1, 0.15) is 22.7 Å². The van der Waals surface area contributed by atoms with Crippen LogP contribution < -0.4 is 20.4 Å². The lowest BCUT2D eigenvalue weighted by atomic mass is 9.91. The number of aryl methyl sites for hydroxylation is 2. The average molecular weight is 401 g/mol. The fraction of sp³-hybridized carbons (Fsp3) is 0.545. The van der Waals surface area contributed by atoms with Gasteiger partial charge >= 0.3 is 5.63 Å². The van der Waals surface area contributed by atoms with Gasteiger partial charge < -0.3 is 24.3 Å². The molecule has 0 saturated heterocycles. The molecule has 7 nitrogen and oxygen atoms in total. The minimum atomic E-state index is -0.323. The van der Waals surface area contributed by atoms with Crippen LogP contribution in [-0.2, 0) is 24.1 Å². The second kappa shape index (κ2) is 7.71. The standard InChI is InChI=1S/C22H27NO6/c1-22(2)8-7-15-16(29-22)11-17(27-12-18(25)23-9-4-10-24)19-13-5-3-6-14(13)21(26)28-20(15)19/h11,24H,3-10,12H2,1-2H3,(H,23,25). The lowest BCUT2D eigenvalue weighted by Gasteiger charge is -2.33. The van der Waals surface area contributed by atoms with E-state index in [1.807, 2.05) is 19.9 Å². The number of ether oxygens (including phenoxy) is 2. The summed E-state index contributed by atoms with van der Waals surface area (Å²) in [6.07, 6.45) is 4.47. The number of nitrogens with one attached hydrogen (secondary N) is 1. The molecule has 1 aromatic carbocycles. The van der Waals surface area contributed by atoms with Gasteiger partial charge in [-0.2, -0.15) is 0 Å². The third-order valence-corrected chi connectivity index (χ3v) is 5.65. The second-order valence-electron chi connectivity index (χ2n) is 8.33. The molecule has 0 atom stereocenters. The minimum Gasteiger partial charge on any atom is -0.487 e. The van der Waals surface area contributed by atoms with Crippen molar-refractivity contribution in [3.8, 4) is 11.5 Å². The van der Waals surface area contributed by atoms with Crippen molar-refractivity contribution in [3.05, 3.63) is 33.2 Å². The van der Waals surface area contributed by atoms with Gasteiger partial charge in [-0.05, 0) is 57.9 Å². The van der Waals surface area contributed by atoms with E-state index in [0.717, 1.165) is 42.2 Å². The first-order chi connectivity index (χ1) is 13.9. The van der Waals surface area contributed by atoms with E-state index in [4.69, 9.17) is 19.0 Å². The van der Waals surface area contributed by atoms with Crippen LogP contribution in [0.3, 0.4) is 0 Å². The molecular weight excluding hydrogens is 374 g/mol. The number of aliphatic hydroxyl groups excluding tert-OH is 1. The summed E-state index contributed by atoms with van der Waals surface area (Å²) in [7, 11) is 0. The van der Waals surface area contributed by atoms with Gasteiger partial charge in [0.2, 0.25) is 0 Å². The Morgan fingerprint density at radius 2 is 2.03 bits per heavy atom. The van der Waals surface area contributed by atoms with Crippen molar-refractivity contribution in [1.82, 2.24) is 5.32 Å². The number of fused-ring (bicyclic) bond motifs is 5. The topological polar surface area (TPSA) is 98.0 Å². The minimum absolute atomic E-state index is 0.0227. The highest BCUT2D eigenvalue weighted by Gasteiger charge is 2.32. The number of hydrogen-bond acceptors (Lipinski definition) is 6. The largest absolute Gasteiger partial charge is 0.487 e. The van der Waals surface area contributed by atoms with Crippen molar-refractivity contribution in [3.63, 3.8) is 0 Å². The summed E-state index contributed by atoms with van der Waals surface area (Å²) in [5.41, 5.74) is 2.50. The van der Waals surface area contributed by atoms with E-state index < -0.39 is 0 Å². The summed E-state index contributed by atoms with van der Waals surface area (Å²) in [5.74, 6) is 0.890. The normalized spacial score (nSPS) is 16.8.